The topological polar surface area (TPSA) is 60.3 Å². The van der Waals surface area contributed by atoms with E-state index < -0.39 is 0 Å². The van der Waals surface area contributed by atoms with E-state index in [1.165, 1.54) is 12.8 Å². The van der Waals surface area contributed by atoms with E-state index in [2.05, 4.69) is 5.32 Å². The van der Waals surface area contributed by atoms with Crippen molar-refractivity contribution in [3.63, 3.8) is 0 Å². The Morgan fingerprint density at radius 1 is 1.33 bits per heavy atom. The van der Waals surface area contributed by atoms with Gasteiger partial charge in [0.25, 0.3) is 11.5 Å². The van der Waals surface area contributed by atoms with Crippen molar-refractivity contribution in [3.8, 4) is 5.75 Å². The molecule has 0 unspecified atom stereocenters. The van der Waals surface area contributed by atoms with Gasteiger partial charge in [0.2, 0.25) is 0 Å². The van der Waals surface area contributed by atoms with Crippen LogP contribution in [-0.4, -0.2) is 23.6 Å². The number of pyridine rings is 1. The van der Waals surface area contributed by atoms with E-state index in [-0.39, 0.29) is 18.1 Å². The fraction of sp³-hybridized carbons (Fsp3) is 0.474. The molecular weight excluding hydrogens is 304 g/mol. The number of nitrogens with one attached hydrogen (secondary N) is 1. The number of nitrogens with zero attached hydrogens (tertiary/aromatic N) is 1. The van der Waals surface area contributed by atoms with Crippen molar-refractivity contribution >= 4 is 16.8 Å². The molecule has 0 spiro atoms. The average molecular weight is 328 g/mol. The molecule has 0 radical (unpaired) electrons. The molecule has 1 saturated carbocycles. The lowest BCUT2D eigenvalue weighted by atomic mass is 10.1. The summed E-state index contributed by atoms with van der Waals surface area (Å²) in [6, 6.07) is 7.33. The zero-order chi connectivity index (χ0) is 17.1. The van der Waals surface area contributed by atoms with E-state index in [4.69, 9.17) is 4.74 Å². The van der Waals surface area contributed by atoms with Crippen molar-refractivity contribution in [2.75, 3.05) is 13.2 Å². The molecule has 3 rings (SSSR count). The van der Waals surface area contributed by atoms with Gasteiger partial charge in [0.1, 0.15) is 5.75 Å². The number of fused-ring (bicyclic) bond motifs is 1. The first-order valence-corrected chi connectivity index (χ1v) is 8.62. The van der Waals surface area contributed by atoms with E-state index in [0.717, 1.165) is 29.4 Å². The highest BCUT2D eigenvalue weighted by Crippen LogP contribution is 2.27. The first-order chi connectivity index (χ1) is 11.6. The third-order valence-electron chi connectivity index (χ3n) is 4.39. The zero-order valence-electron chi connectivity index (χ0n) is 14.3. The Morgan fingerprint density at radius 3 is 2.83 bits per heavy atom. The van der Waals surface area contributed by atoms with Gasteiger partial charge in [-0.2, -0.15) is 0 Å². The summed E-state index contributed by atoms with van der Waals surface area (Å²) in [6.07, 6.45) is 3.30. The highest BCUT2D eigenvalue weighted by Gasteiger charge is 2.21. The largest absolute Gasteiger partial charge is 0.484 e. The Balaban J connectivity index is 1.77. The van der Waals surface area contributed by atoms with Crippen LogP contribution in [0.1, 0.15) is 31.7 Å². The highest BCUT2D eigenvalue weighted by atomic mass is 16.5. The van der Waals surface area contributed by atoms with Gasteiger partial charge < -0.3 is 14.6 Å². The molecule has 2 aromatic rings. The Labute approximate surface area is 141 Å². The number of benzene rings is 1. The predicted octanol–water partition coefficient (Wildman–Crippen LogP) is 2.62. The third kappa shape index (κ3) is 3.78. The summed E-state index contributed by atoms with van der Waals surface area (Å²) in [6.45, 7) is 5.40. The molecule has 5 heteroatoms. The number of hydrogen-bond acceptors (Lipinski definition) is 3. The molecule has 0 aliphatic heterocycles. The minimum absolute atomic E-state index is 0.00109. The van der Waals surface area contributed by atoms with Crippen molar-refractivity contribution in [1.82, 2.24) is 9.88 Å². The first kappa shape index (κ1) is 16.6. The lowest BCUT2D eigenvalue weighted by Crippen LogP contribution is -2.30. The predicted molar refractivity (Wildman–Crippen MR) is 94.5 cm³/mol. The molecule has 5 nitrogen and oxygen atoms in total. The molecular formula is C19H24N2O3. The van der Waals surface area contributed by atoms with Crippen LogP contribution >= 0.6 is 0 Å². The van der Waals surface area contributed by atoms with Gasteiger partial charge in [-0.05, 0) is 49.8 Å². The number of amides is 1. The molecule has 1 heterocycles. The molecule has 1 aliphatic carbocycles. The van der Waals surface area contributed by atoms with Crippen molar-refractivity contribution < 1.29 is 9.53 Å². The summed E-state index contributed by atoms with van der Waals surface area (Å²) >= 11 is 0. The Kier molecular flexibility index (Phi) is 4.88. The van der Waals surface area contributed by atoms with Crippen LogP contribution in [-0.2, 0) is 11.3 Å². The van der Waals surface area contributed by atoms with Crippen LogP contribution in [0.5, 0.6) is 5.75 Å². The molecule has 1 N–H and O–H groups in total. The Bertz CT molecular complexity index is 806. The molecule has 0 bridgehead atoms. The molecule has 24 heavy (non-hydrogen) atoms. The van der Waals surface area contributed by atoms with E-state index in [9.17, 15) is 9.59 Å². The molecule has 1 aliphatic rings. The smallest absolute Gasteiger partial charge is 0.257 e. The van der Waals surface area contributed by atoms with Crippen LogP contribution in [0.4, 0.5) is 0 Å². The van der Waals surface area contributed by atoms with Crippen LogP contribution in [0, 0.1) is 12.8 Å². The van der Waals surface area contributed by atoms with Gasteiger partial charge in [-0.15, -0.1) is 0 Å². The summed E-state index contributed by atoms with van der Waals surface area (Å²) in [5.41, 5.74) is 1.81. The lowest BCUT2D eigenvalue weighted by Gasteiger charge is -2.13. The molecule has 128 valence electrons. The quantitative estimate of drug-likeness (QED) is 0.850. The van der Waals surface area contributed by atoms with E-state index in [0.29, 0.717) is 18.2 Å². The molecule has 1 aromatic heterocycles. The van der Waals surface area contributed by atoms with Gasteiger partial charge in [0.05, 0.1) is 5.52 Å². The number of ether oxygens (including phenoxy) is 1. The summed E-state index contributed by atoms with van der Waals surface area (Å²) in [7, 11) is 0. The average Bonchev–Trinajstić information content (AvgIpc) is 3.39. The maximum atomic E-state index is 12.2. The van der Waals surface area contributed by atoms with Crippen LogP contribution in [0.25, 0.3) is 10.9 Å². The third-order valence-corrected chi connectivity index (χ3v) is 4.39. The van der Waals surface area contributed by atoms with Crippen LogP contribution in [0.3, 0.4) is 0 Å². The number of carbonyl (C=O) groups is 1. The maximum absolute atomic E-state index is 12.2. The van der Waals surface area contributed by atoms with Gasteiger partial charge in [-0.3, -0.25) is 9.59 Å². The standard InChI is InChI=1S/C19H24N2O3/c1-3-8-21-17-10-15(6-7-16(17)13(2)9-19(21)23)24-12-18(22)20-11-14-4-5-14/h6-7,9-10,14H,3-5,8,11-12H2,1-2H3,(H,20,22). The van der Waals surface area contributed by atoms with Gasteiger partial charge in [-0.25, -0.2) is 0 Å². The van der Waals surface area contributed by atoms with Crippen molar-refractivity contribution in [2.45, 2.75) is 39.7 Å². The summed E-state index contributed by atoms with van der Waals surface area (Å²) < 4.78 is 7.38. The summed E-state index contributed by atoms with van der Waals surface area (Å²) in [4.78, 5) is 24.0. The molecule has 1 amide bonds. The number of aryl methyl sites for hydroxylation is 2. The van der Waals surface area contributed by atoms with E-state index in [1.54, 1.807) is 10.6 Å². The zero-order valence-corrected chi connectivity index (χ0v) is 14.3. The van der Waals surface area contributed by atoms with Crippen LogP contribution in [0.15, 0.2) is 29.1 Å². The van der Waals surface area contributed by atoms with Crippen molar-refractivity contribution in [2.24, 2.45) is 5.92 Å². The fourth-order valence-corrected chi connectivity index (χ4v) is 2.85. The second-order valence-electron chi connectivity index (χ2n) is 6.53. The van der Waals surface area contributed by atoms with Gasteiger partial charge in [-0.1, -0.05) is 6.92 Å². The fourth-order valence-electron chi connectivity index (χ4n) is 2.85. The molecule has 0 saturated heterocycles. The number of aromatic nitrogens is 1. The monoisotopic (exact) mass is 328 g/mol. The normalized spacial score (nSPS) is 13.9. The highest BCUT2D eigenvalue weighted by molar-refractivity contribution is 5.84. The maximum Gasteiger partial charge on any atom is 0.257 e. The molecule has 0 atom stereocenters. The summed E-state index contributed by atoms with van der Waals surface area (Å²) in [5.74, 6) is 1.16. The number of hydrogen-bond donors (Lipinski definition) is 1. The first-order valence-electron chi connectivity index (χ1n) is 8.62. The lowest BCUT2D eigenvalue weighted by molar-refractivity contribution is -0.123. The van der Waals surface area contributed by atoms with E-state index >= 15 is 0 Å². The van der Waals surface area contributed by atoms with Crippen molar-refractivity contribution in [1.29, 1.82) is 0 Å². The minimum atomic E-state index is -0.0998. The van der Waals surface area contributed by atoms with Gasteiger partial charge in [0.15, 0.2) is 6.61 Å². The van der Waals surface area contributed by atoms with Crippen LogP contribution < -0.4 is 15.6 Å². The van der Waals surface area contributed by atoms with E-state index in [1.807, 2.05) is 32.0 Å². The molecule has 1 aromatic carbocycles. The number of rotatable bonds is 7. The van der Waals surface area contributed by atoms with Crippen LogP contribution in [0.2, 0.25) is 0 Å². The Morgan fingerprint density at radius 2 is 2.12 bits per heavy atom. The minimum Gasteiger partial charge on any atom is -0.484 e. The Hall–Kier alpha value is -2.30. The van der Waals surface area contributed by atoms with Gasteiger partial charge >= 0.3 is 0 Å². The summed E-state index contributed by atoms with van der Waals surface area (Å²) in [5, 5.41) is 3.92. The molecule has 1 fully saturated rings. The second-order valence-corrected chi connectivity index (χ2v) is 6.53. The van der Waals surface area contributed by atoms with Crippen molar-refractivity contribution in [3.05, 3.63) is 40.2 Å². The van der Waals surface area contributed by atoms with Gasteiger partial charge in [0, 0.05) is 30.6 Å². The SMILES string of the molecule is CCCn1c(=O)cc(C)c2ccc(OCC(=O)NCC3CC3)cc21. The second kappa shape index (κ2) is 7.07. The number of carbonyl (C=O) groups excluding carboxylic acids is 1.